The molecule has 0 aliphatic heterocycles. The summed E-state index contributed by atoms with van der Waals surface area (Å²) < 4.78 is 0. The SMILES string of the molecule is CC(C)=CCC(=O)C1(O)C(O)=C(C(=O)C(C)C)C(=O)C1CC=C(C)C.CC(C)=CCC(=O)C1(O)C(O)=C(C(=O)CC(C)C)C(=O)C1CC=C(C)C.CCC(C)C(=O)C1=C(O)C(O)(C(=O)CC=C(C)C)C(CC=C(C)C)C1=O. The molecule has 0 bridgehead atoms. The predicted octanol–water partition coefficient (Wildman–Crippen LogP) is 10.5. The maximum absolute atomic E-state index is 12.9. The van der Waals surface area contributed by atoms with E-state index >= 15 is 0 Å². The molecule has 77 heavy (non-hydrogen) atoms. The summed E-state index contributed by atoms with van der Waals surface area (Å²) in [5, 5.41) is 64.8. The Morgan fingerprint density at radius 2 is 0.701 bits per heavy atom. The minimum atomic E-state index is -2.35. The third-order valence-electron chi connectivity index (χ3n) is 13.6. The number of carbonyl (C=O) groups excluding carboxylic acids is 9. The second kappa shape index (κ2) is 29.1. The molecule has 0 heterocycles. The van der Waals surface area contributed by atoms with E-state index in [9.17, 15) is 73.8 Å². The van der Waals surface area contributed by atoms with Crippen LogP contribution in [0.15, 0.2) is 104 Å². The van der Waals surface area contributed by atoms with Crippen molar-refractivity contribution in [2.45, 2.75) is 193 Å². The highest BCUT2D eigenvalue weighted by Crippen LogP contribution is 2.45. The van der Waals surface area contributed by atoms with Crippen LogP contribution in [0, 0.1) is 35.5 Å². The standard InChI is InChI=1S/2C21H30O5.C20H28O5/c1-12(2)7-9-15-19(24)18(16(22)11-14(5)6)20(25)21(15,26)17(23)10-8-13(3)4;1-7-14(6)18(23)17-19(24)15(10-8-12(2)3)21(26,20(17)25)16(22)11-9-13(4)5;1-11(2)7-9-14-18(23)16(17(22)13(5)6)19(24)20(14,25)15(21)10-8-12(3)4/h7-8,14-15,25-26H,9-11H2,1-6H3;8-9,14-15,25-26H,7,10-11H2,1-6H3;7-8,13-14,24-25H,9-10H2,1-6H3. The fourth-order valence-corrected chi connectivity index (χ4v) is 8.68. The van der Waals surface area contributed by atoms with Crippen molar-refractivity contribution >= 4 is 52.0 Å². The number of Topliss-reactive ketones (excluding diaryl/α,β-unsaturated/α-hetero) is 9. The Balaban J connectivity index is 0.000000578. The van der Waals surface area contributed by atoms with Crippen molar-refractivity contribution in [2.75, 3.05) is 0 Å². The van der Waals surface area contributed by atoms with Gasteiger partial charge in [0.15, 0.2) is 68.9 Å². The summed E-state index contributed by atoms with van der Waals surface area (Å²) in [4.78, 5) is 114. The van der Waals surface area contributed by atoms with Gasteiger partial charge in [0.05, 0.1) is 17.8 Å². The lowest BCUT2D eigenvalue weighted by atomic mass is 9.81. The normalized spacial score (nSPS) is 23.1. The fourth-order valence-electron chi connectivity index (χ4n) is 8.68. The first-order valence-corrected chi connectivity index (χ1v) is 26.5. The summed E-state index contributed by atoms with van der Waals surface area (Å²) >= 11 is 0. The second-order valence-corrected chi connectivity index (χ2v) is 22.7. The highest BCUT2D eigenvalue weighted by atomic mass is 16.4. The molecule has 0 fully saturated rings. The van der Waals surface area contributed by atoms with Gasteiger partial charge in [-0.05, 0) is 115 Å². The van der Waals surface area contributed by atoms with Gasteiger partial charge in [0.1, 0.15) is 34.0 Å². The van der Waals surface area contributed by atoms with Gasteiger partial charge in [-0.25, -0.2) is 0 Å². The van der Waals surface area contributed by atoms with Crippen LogP contribution in [0.4, 0.5) is 0 Å². The molecule has 0 saturated heterocycles. The average molecular weight is 1070 g/mol. The van der Waals surface area contributed by atoms with Crippen molar-refractivity contribution in [3.63, 3.8) is 0 Å². The molecule has 15 heteroatoms. The van der Waals surface area contributed by atoms with Crippen molar-refractivity contribution in [1.29, 1.82) is 0 Å². The average Bonchev–Trinajstić information content (AvgIpc) is 3.74. The third kappa shape index (κ3) is 16.5. The molecule has 6 N–H and O–H groups in total. The van der Waals surface area contributed by atoms with Crippen LogP contribution < -0.4 is 0 Å². The van der Waals surface area contributed by atoms with Gasteiger partial charge in [-0.15, -0.1) is 0 Å². The van der Waals surface area contributed by atoms with Crippen molar-refractivity contribution in [3.05, 3.63) is 104 Å². The van der Waals surface area contributed by atoms with E-state index in [1.807, 2.05) is 83.1 Å². The number of hydrogen-bond acceptors (Lipinski definition) is 15. The largest absolute Gasteiger partial charge is 0.508 e. The van der Waals surface area contributed by atoms with Crippen LogP contribution in [0.5, 0.6) is 0 Å². The Labute approximate surface area is 456 Å². The Morgan fingerprint density at radius 3 is 0.948 bits per heavy atom. The van der Waals surface area contributed by atoms with Gasteiger partial charge in [0.25, 0.3) is 0 Å². The number of allylic oxidation sites excluding steroid dienone is 15. The maximum Gasteiger partial charge on any atom is 0.191 e. The Bertz CT molecular complexity index is 2610. The van der Waals surface area contributed by atoms with Gasteiger partial charge < -0.3 is 30.6 Å². The number of hydrogen-bond donors (Lipinski definition) is 6. The molecule has 7 atom stereocenters. The molecule has 0 radical (unpaired) electrons. The number of aliphatic hydroxyl groups is 6. The van der Waals surface area contributed by atoms with Crippen LogP contribution in [-0.4, -0.2) is 99.5 Å². The summed E-state index contributed by atoms with van der Waals surface area (Å²) in [7, 11) is 0. The number of aliphatic hydroxyl groups excluding tert-OH is 3. The molecular formula is C62H88O15. The summed E-state index contributed by atoms with van der Waals surface area (Å²) in [6.45, 7) is 32.2. The molecule has 426 valence electrons. The second-order valence-electron chi connectivity index (χ2n) is 22.7. The maximum atomic E-state index is 12.9. The van der Waals surface area contributed by atoms with Crippen LogP contribution in [-0.2, 0) is 43.2 Å². The molecule has 0 amide bonds. The molecule has 7 unspecified atom stereocenters. The monoisotopic (exact) mass is 1070 g/mol. The van der Waals surface area contributed by atoms with Gasteiger partial charge in [-0.2, -0.15) is 0 Å². The highest BCUT2D eigenvalue weighted by molar-refractivity contribution is 6.28. The topological polar surface area (TPSA) is 275 Å². The van der Waals surface area contributed by atoms with Crippen LogP contribution in [0.3, 0.4) is 0 Å². The van der Waals surface area contributed by atoms with Crippen LogP contribution in [0.2, 0.25) is 0 Å². The summed E-state index contributed by atoms with van der Waals surface area (Å²) in [5.41, 5.74) is -2.94. The smallest absolute Gasteiger partial charge is 0.191 e. The first-order valence-electron chi connectivity index (χ1n) is 26.5. The van der Waals surface area contributed by atoms with Crippen molar-refractivity contribution in [2.24, 2.45) is 35.5 Å². The third-order valence-corrected chi connectivity index (χ3v) is 13.6. The zero-order chi connectivity index (χ0) is 60.0. The number of ketones is 9. The van der Waals surface area contributed by atoms with Gasteiger partial charge in [0, 0.05) is 37.5 Å². The van der Waals surface area contributed by atoms with Crippen LogP contribution >= 0.6 is 0 Å². The van der Waals surface area contributed by atoms with Crippen molar-refractivity contribution in [3.8, 4) is 0 Å². The van der Waals surface area contributed by atoms with Gasteiger partial charge in [-0.3, -0.25) is 43.2 Å². The summed E-state index contributed by atoms with van der Waals surface area (Å²) in [5.74, 6) is -12.6. The van der Waals surface area contributed by atoms with Gasteiger partial charge >= 0.3 is 0 Å². The minimum absolute atomic E-state index is 0.0121. The Morgan fingerprint density at radius 1 is 0.442 bits per heavy atom. The molecule has 3 rings (SSSR count). The van der Waals surface area contributed by atoms with Gasteiger partial charge in [-0.1, -0.05) is 111 Å². The Hall–Kier alpha value is -6.03. The van der Waals surface area contributed by atoms with E-state index in [2.05, 4.69) is 0 Å². The molecule has 15 nitrogen and oxygen atoms in total. The van der Waals surface area contributed by atoms with E-state index in [-0.39, 0.29) is 50.9 Å². The Kier molecular flexibility index (Phi) is 26.1. The predicted molar refractivity (Wildman–Crippen MR) is 297 cm³/mol. The lowest BCUT2D eigenvalue weighted by Crippen LogP contribution is -2.46. The minimum Gasteiger partial charge on any atom is -0.508 e. The van der Waals surface area contributed by atoms with E-state index in [4.69, 9.17) is 0 Å². The molecule has 0 aromatic rings. The van der Waals surface area contributed by atoms with Gasteiger partial charge in [0.2, 0.25) is 0 Å². The first kappa shape index (κ1) is 69.0. The van der Waals surface area contributed by atoms with E-state index in [1.54, 1.807) is 78.0 Å². The number of carbonyl (C=O) groups is 9. The zero-order valence-corrected chi connectivity index (χ0v) is 48.9. The van der Waals surface area contributed by atoms with E-state index in [0.717, 1.165) is 33.4 Å². The van der Waals surface area contributed by atoms with E-state index < -0.39 is 132 Å². The first-order chi connectivity index (χ1) is 35.3. The van der Waals surface area contributed by atoms with Crippen molar-refractivity contribution < 1.29 is 73.8 Å². The molecule has 0 aromatic heterocycles. The number of rotatable bonds is 23. The molecule has 0 aromatic carbocycles. The molecule has 3 aliphatic rings. The summed E-state index contributed by atoms with van der Waals surface area (Å²) in [6.07, 6.45) is 10.5. The summed E-state index contributed by atoms with van der Waals surface area (Å²) in [6, 6.07) is 0. The lowest BCUT2D eigenvalue weighted by Gasteiger charge is -2.27. The van der Waals surface area contributed by atoms with Crippen molar-refractivity contribution in [1.82, 2.24) is 0 Å². The van der Waals surface area contributed by atoms with E-state index in [0.29, 0.717) is 6.42 Å². The van der Waals surface area contributed by atoms with Crippen LogP contribution in [0.25, 0.3) is 0 Å². The lowest BCUT2D eigenvalue weighted by molar-refractivity contribution is -0.144. The molecule has 0 spiro atoms. The van der Waals surface area contributed by atoms with E-state index in [1.165, 1.54) is 0 Å². The fraction of sp³-hybridized carbons (Fsp3) is 0.565. The molecule has 0 saturated carbocycles. The zero-order valence-electron chi connectivity index (χ0n) is 48.9. The molecular weight excluding hydrogens is 985 g/mol. The van der Waals surface area contributed by atoms with Crippen LogP contribution in [0.1, 0.15) is 176 Å². The highest BCUT2D eigenvalue weighted by Gasteiger charge is 2.61. The quantitative estimate of drug-likeness (QED) is 0.0410. The molecule has 3 aliphatic carbocycles.